The third-order valence-corrected chi connectivity index (χ3v) is 3.22. The maximum Gasteiger partial charge on any atom is 0.308 e. The molecule has 1 N–H and O–H groups in total. The Morgan fingerprint density at radius 3 is 2.78 bits per heavy atom. The summed E-state index contributed by atoms with van der Waals surface area (Å²) in [5, 5.41) is 9.12. The van der Waals surface area contributed by atoms with E-state index in [9.17, 15) is 14.0 Å². The number of hydrogen-bond donors (Lipinski definition) is 1. The molecular formula is C12H11ClFNO3. The number of aliphatic carboxylic acids is 1. The monoisotopic (exact) mass is 271 g/mol. The Labute approximate surface area is 108 Å². The highest BCUT2D eigenvalue weighted by Crippen LogP contribution is 2.22. The highest BCUT2D eigenvalue weighted by molar-refractivity contribution is 6.31. The van der Waals surface area contributed by atoms with Crippen LogP contribution in [0.5, 0.6) is 0 Å². The van der Waals surface area contributed by atoms with Crippen molar-refractivity contribution in [2.75, 3.05) is 13.1 Å². The van der Waals surface area contributed by atoms with Crippen molar-refractivity contribution in [3.63, 3.8) is 0 Å². The summed E-state index contributed by atoms with van der Waals surface area (Å²) in [6, 6.07) is 3.74. The van der Waals surface area contributed by atoms with Crippen molar-refractivity contribution in [2.24, 2.45) is 5.92 Å². The van der Waals surface area contributed by atoms with Crippen molar-refractivity contribution in [2.45, 2.75) is 6.42 Å². The fourth-order valence-corrected chi connectivity index (χ4v) is 2.15. The number of halogens is 2. The van der Waals surface area contributed by atoms with Gasteiger partial charge in [-0.3, -0.25) is 9.59 Å². The lowest BCUT2D eigenvalue weighted by Crippen LogP contribution is -2.30. The van der Waals surface area contributed by atoms with E-state index in [2.05, 4.69) is 0 Å². The minimum absolute atomic E-state index is 0.111. The number of carboxylic acids is 1. The van der Waals surface area contributed by atoms with E-state index in [4.69, 9.17) is 16.7 Å². The Balaban J connectivity index is 2.17. The molecule has 1 aromatic rings. The van der Waals surface area contributed by atoms with E-state index < -0.39 is 23.6 Å². The summed E-state index contributed by atoms with van der Waals surface area (Å²) in [5.74, 6) is -2.67. The summed E-state index contributed by atoms with van der Waals surface area (Å²) in [6.45, 7) is 0.432. The van der Waals surface area contributed by atoms with Crippen LogP contribution in [-0.2, 0) is 4.79 Å². The van der Waals surface area contributed by atoms with Gasteiger partial charge in [-0.2, -0.15) is 0 Å². The van der Waals surface area contributed by atoms with Gasteiger partial charge in [0.25, 0.3) is 5.91 Å². The molecule has 0 aromatic heterocycles. The Bertz CT molecular complexity index is 506. The van der Waals surface area contributed by atoms with Crippen LogP contribution in [0.15, 0.2) is 18.2 Å². The lowest BCUT2D eigenvalue weighted by molar-refractivity contribution is -0.141. The Morgan fingerprint density at radius 1 is 1.44 bits per heavy atom. The Morgan fingerprint density at radius 2 is 2.17 bits per heavy atom. The number of benzene rings is 1. The predicted molar refractivity (Wildman–Crippen MR) is 63.1 cm³/mol. The van der Waals surface area contributed by atoms with E-state index >= 15 is 0 Å². The first-order valence-electron chi connectivity index (χ1n) is 5.46. The molecule has 4 nitrogen and oxygen atoms in total. The third-order valence-electron chi connectivity index (χ3n) is 2.98. The van der Waals surface area contributed by atoms with Crippen molar-refractivity contribution in [1.82, 2.24) is 4.90 Å². The summed E-state index contributed by atoms with van der Waals surface area (Å²) in [4.78, 5) is 24.2. The standard InChI is InChI=1S/C12H11ClFNO3/c13-8-1-2-10(14)9(5-8)11(16)15-4-3-7(6-15)12(17)18/h1-2,5,7H,3-4,6H2,(H,17,18)/t7-/m0/s1. The van der Waals surface area contributed by atoms with Gasteiger partial charge < -0.3 is 10.0 Å². The van der Waals surface area contributed by atoms with Gasteiger partial charge in [0.15, 0.2) is 0 Å². The molecule has 1 aliphatic heterocycles. The highest BCUT2D eigenvalue weighted by atomic mass is 35.5. The van der Waals surface area contributed by atoms with Crippen LogP contribution in [-0.4, -0.2) is 35.0 Å². The molecule has 1 aliphatic rings. The number of hydrogen-bond acceptors (Lipinski definition) is 2. The number of nitrogens with zero attached hydrogens (tertiary/aromatic N) is 1. The molecule has 0 spiro atoms. The van der Waals surface area contributed by atoms with Crippen molar-refractivity contribution in [1.29, 1.82) is 0 Å². The minimum atomic E-state index is -0.933. The molecule has 1 atom stereocenters. The molecule has 1 fully saturated rings. The van der Waals surface area contributed by atoms with Gasteiger partial charge in [-0.25, -0.2) is 4.39 Å². The summed E-state index contributed by atoms with van der Waals surface area (Å²) in [7, 11) is 0. The van der Waals surface area contributed by atoms with E-state index in [0.29, 0.717) is 13.0 Å². The van der Waals surface area contributed by atoms with Crippen LogP contribution in [0.4, 0.5) is 4.39 Å². The lowest BCUT2D eigenvalue weighted by Gasteiger charge is -2.16. The number of carbonyl (C=O) groups excluding carboxylic acids is 1. The molecule has 0 bridgehead atoms. The van der Waals surface area contributed by atoms with Gasteiger partial charge in [0.05, 0.1) is 11.5 Å². The molecule has 2 rings (SSSR count). The van der Waals surface area contributed by atoms with Crippen LogP contribution in [0.25, 0.3) is 0 Å². The number of rotatable bonds is 2. The van der Waals surface area contributed by atoms with Gasteiger partial charge in [-0.1, -0.05) is 11.6 Å². The maximum absolute atomic E-state index is 13.5. The average Bonchev–Trinajstić information content (AvgIpc) is 2.81. The van der Waals surface area contributed by atoms with E-state index in [0.717, 1.165) is 6.07 Å². The third kappa shape index (κ3) is 2.46. The molecule has 96 valence electrons. The zero-order chi connectivity index (χ0) is 13.3. The molecule has 6 heteroatoms. The van der Waals surface area contributed by atoms with E-state index in [1.807, 2.05) is 0 Å². The first-order valence-corrected chi connectivity index (χ1v) is 5.84. The van der Waals surface area contributed by atoms with Crippen molar-refractivity contribution < 1.29 is 19.1 Å². The average molecular weight is 272 g/mol. The molecule has 1 saturated heterocycles. The summed E-state index contributed by atoms with van der Waals surface area (Å²) < 4.78 is 13.5. The predicted octanol–water partition coefficient (Wildman–Crippen LogP) is 2.03. The number of carboxylic acid groups (broad SMARTS) is 1. The van der Waals surface area contributed by atoms with E-state index in [-0.39, 0.29) is 17.1 Å². The van der Waals surface area contributed by atoms with Crippen LogP contribution in [0.1, 0.15) is 16.8 Å². The van der Waals surface area contributed by atoms with E-state index in [1.54, 1.807) is 0 Å². The SMILES string of the molecule is O=C(O)[C@H]1CCN(C(=O)c2cc(Cl)ccc2F)C1. The molecule has 0 saturated carbocycles. The molecular weight excluding hydrogens is 261 g/mol. The molecule has 1 aromatic carbocycles. The zero-order valence-electron chi connectivity index (χ0n) is 9.40. The van der Waals surface area contributed by atoms with Crippen LogP contribution in [0.2, 0.25) is 5.02 Å². The van der Waals surface area contributed by atoms with Crippen molar-refractivity contribution >= 4 is 23.5 Å². The second-order valence-electron chi connectivity index (χ2n) is 4.20. The second kappa shape index (κ2) is 4.94. The van der Waals surface area contributed by atoms with E-state index in [1.165, 1.54) is 17.0 Å². The van der Waals surface area contributed by atoms with Gasteiger partial charge in [0.2, 0.25) is 0 Å². The quantitative estimate of drug-likeness (QED) is 0.895. The summed E-state index contributed by atoms with van der Waals surface area (Å²) in [5.41, 5.74) is -0.117. The van der Waals surface area contributed by atoms with Crippen LogP contribution < -0.4 is 0 Å². The fourth-order valence-electron chi connectivity index (χ4n) is 1.98. The van der Waals surface area contributed by atoms with Gasteiger partial charge in [0, 0.05) is 18.1 Å². The topological polar surface area (TPSA) is 57.6 Å². The van der Waals surface area contributed by atoms with Gasteiger partial charge >= 0.3 is 5.97 Å². The van der Waals surface area contributed by atoms with Gasteiger partial charge in [0.1, 0.15) is 5.82 Å². The molecule has 1 heterocycles. The molecule has 18 heavy (non-hydrogen) atoms. The van der Waals surface area contributed by atoms with Crippen molar-refractivity contribution in [3.8, 4) is 0 Å². The van der Waals surface area contributed by atoms with Crippen LogP contribution in [0.3, 0.4) is 0 Å². The number of amides is 1. The van der Waals surface area contributed by atoms with Gasteiger partial charge in [-0.15, -0.1) is 0 Å². The normalized spacial score (nSPS) is 19.0. The number of likely N-dealkylation sites (tertiary alicyclic amines) is 1. The largest absolute Gasteiger partial charge is 0.481 e. The number of carbonyl (C=O) groups is 2. The Hall–Kier alpha value is -1.62. The van der Waals surface area contributed by atoms with Crippen LogP contribution >= 0.6 is 11.6 Å². The maximum atomic E-state index is 13.5. The fraction of sp³-hybridized carbons (Fsp3) is 0.333. The minimum Gasteiger partial charge on any atom is -0.481 e. The summed E-state index contributed by atoms with van der Waals surface area (Å²) >= 11 is 5.72. The molecule has 1 amide bonds. The Kier molecular flexibility index (Phi) is 3.52. The first kappa shape index (κ1) is 12.8. The second-order valence-corrected chi connectivity index (χ2v) is 4.64. The van der Waals surface area contributed by atoms with Crippen molar-refractivity contribution in [3.05, 3.63) is 34.6 Å². The zero-order valence-corrected chi connectivity index (χ0v) is 10.2. The lowest BCUT2D eigenvalue weighted by atomic mass is 10.1. The molecule has 0 unspecified atom stereocenters. The van der Waals surface area contributed by atoms with Crippen LogP contribution in [0, 0.1) is 11.7 Å². The summed E-state index contributed by atoms with van der Waals surface area (Å²) in [6.07, 6.45) is 0.392. The highest BCUT2D eigenvalue weighted by Gasteiger charge is 2.32. The smallest absolute Gasteiger partial charge is 0.308 e. The van der Waals surface area contributed by atoms with Gasteiger partial charge in [-0.05, 0) is 24.6 Å². The molecule has 0 radical (unpaired) electrons. The first-order chi connectivity index (χ1) is 8.49. The molecule has 0 aliphatic carbocycles.